The summed E-state index contributed by atoms with van der Waals surface area (Å²) in [5, 5.41) is 0. The molecule has 7 heteroatoms. The fourth-order valence-electron chi connectivity index (χ4n) is 3.66. The van der Waals surface area contributed by atoms with Crippen LogP contribution >= 0.6 is 0 Å². The second-order valence-corrected chi connectivity index (χ2v) is 7.64. The molecule has 0 fully saturated rings. The van der Waals surface area contributed by atoms with Crippen molar-refractivity contribution in [3.8, 4) is 33.5 Å². The maximum Gasteiger partial charge on any atom is 0.217 e. The molecule has 3 aromatic carbocycles. The number of halogens is 4. The molecular formula is C29H16F4N2O. The van der Waals surface area contributed by atoms with Gasteiger partial charge < -0.3 is 0 Å². The topological polar surface area (TPSA) is 42.9 Å². The summed E-state index contributed by atoms with van der Waals surface area (Å²) in [6.45, 7) is 0. The van der Waals surface area contributed by atoms with Crippen molar-refractivity contribution in [1.82, 2.24) is 9.97 Å². The molecule has 0 unspecified atom stereocenters. The summed E-state index contributed by atoms with van der Waals surface area (Å²) in [4.78, 5) is 20.6. The monoisotopic (exact) mass is 489 g/mol. The lowest BCUT2D eigenvalue weighted by Gasteiger charge is -2.13. The molecule has 0 aliphatic carbocycles. The van der Waals surface area contributed by atoms with Crippen molar-refractivity contribution in [2.24, 2.45) is 0 Å². The Hall–Kier alpha value is -4.65. The minimum absolute atomic E-state index is 0.0362. The summed E-state index contributed by atoms with van der Waals surface area (Å²) in [5.41, 5.74) is -1.23. The molecule has 0 N–H and O–H groups in total. The van der Waals surface area contributed by atoms with Gasteiger partial charge in [0.25, 0.3) is 0 Å². The van der Waals surface area contributed by atoms with E-state index in [4.69, 9.17) is 6.85 Å². The quantitative estimate of drug-likeness (QED) is 0.193. The van der Waals surface area contributed by atoms with E-state index in [9.17, 15) is 18.0 Å². The van der Waals surface area contributed by atoms with Gasteiger partial charge in [0, 0.05) is 29.5 Å². The molecule has 176 valence electrons. The van der Waals surface area contributed by atoms with Crippen LogP contribution in [-0.2, 0) is 0 Å². The van der Waals surface area contributed by atoms with E-state index < -0.39 is 70.5 Å². The van der Waals surface area contributed by atoms with Crippen molar-refractivity contribution in [2.45, 2.75) is 0 Å². The molecule has 36 heavy (non-hydrogen) atoms. The zero-order valence-corrected chi connectivity index (χ0v) is 18.2. The Labute approximate surface area is 210 Å². The van der Waals surface area contributed by atoms with Gasteiger partial charge in [-0.15, -0.1) is 0 Å². The van der Waals surface area contributed by atoms with E-state index in [0.717, 1.165) is 6.07 Å². The van der Waals surface area contributed by atoms with Gasteiger partial charge >= 0.3 is 0 Å². The number of benzene rings is 3. The molecule has 0 saturated carbocycles. The minimum Gasteiger partial charge on any atom is -0.287 e. The first-order chi connectivity index (χ1) is 19.5. The van der Waals surface area contributed by atoms with Gasteiger partial charge in [0.15, 0.2) is 5.82 Å². The average molecular weight is 489 g/mol. The Morgan fingerprint density at radius 2 is 1.47 bits per heavy atom. The molecule has 0 spiro atoms. The van der Waals surface area contributed by atoms with Crippen molar-refractivity contribution in [3.63, 3.8) is 0 Å². The van der Waals surface area contributed by atoms with E-state index in [1.807, 2.05) is 0 Å². The highest BCUT2D eigenvalue weighted by atomic mass is 19.1. The van der Waals surface area contributed by atoms with E-state index in [1.165, 1.54) is 24.4 Å². The van der Waals surface area contributed by atoms with E-state index >= 15 is 4.39 Å². The maximum absolute atomic E-state index is 15.3. The lowest BCUT2D eigenvalue weighted by atomic mass is 9.93. The molecule has 0 saturated heterocycles. The van der Waals surface area contributed by atoms with Crippen molar-refractivity contribution < 1.29 is 29.2 Å². The van der Waals surface area contributed by atoms with Crippen LogP contribution < -0.4 is 0 Å². The molecule has 5 rings (SSSR count). The normalized spacial score (nSPS) is 12.8. The second kappa shape index (κ2) is 9.54. The Kier molecular flexibility index (Phi) is 4.70. The van der Waals surface area contributed by atoms with Gasteiger partial charge in [-0.05, 0) is 53.1 Å². The third-order valence-electron chi connectivity index (χ3n) is 5.32. The molecule has 0 atom stereocenters. The predicted molar refractivity (Wildman–Crippen MR) is 128 cm³/mol. The Balaban J connectivity index is 1.77. The number of aromatic nitrogens is 2. The van der Waals surface area contributed by atoms with Crippen LogP contribution in [0.3, 0.4) is 0 Å². The first kappa shape index (κ1) is 17.7. The molecule has 2 heterocycles. The lowest BCUT2D eigenvalue weighted by molar-refractivity contribution is 0.102. The van der Waals surface area contributed by atoms with Crippen molar-refractivity contribution in [2.75, 3.05) is 0 Å². The minimum atomic E-state index is -1.33. The number of hydrogen-bond acceptors (Lipinski definition) is 3. The summed E-state index contributed by atoms with van der Waals surface area (Å²) in [6, 6.07) is 8.16. The van der Waals surface area contributed by atoms with Crippen LogP contribution in [0.4, 0.5) is 17.6 Å². The fourth-order valence-corrected chi connectivity index (χ4v) is 3.66. The van der Waals surface area contributed by atoms with Crippen LogP contribution in [0.5, 0.6) is 0 Å². The van der Waals surface area contributed by atoms with Gasteiger partial charge in [0.2, 0.25) is 5.78 Å². The van der Waals surface area contributed by atoms with Crippen LogP contribution in [0.2, 0.25) is 0 Å². The van der Waals surface area contributed by atoms with Crippen LogP contribution in [-0.4, -0.2) is 15.8 Å². The zero-order chi connectivity index (χ0) is 29.6. The van der Waals surface area contributed by atoms with Gasteiger partial charge in [-0.25, -0.2) is 22.5 Å². The lowest BCUT2D eigenvalue weighted by Crippen LogP contribution is -2.10. The molecule has 0 amide bonds. The molecular weight excluding hydrogens is 468 g/mol. The van der Waals surface area contributed by atoms with Crippen LogP contribution in [0.15, 0.2) is 97.2 Å². The number of rotatable bonds is 5. The second-order valence-electron chi connectivity index (χ2n) is 7.64. The zero-order valence-electron chi connectivity index (χ0n) is 23.2. The number of hydrogen-bond donors (Lipinski definition) is 0. The smallest absolute Gasteiger partial charge is 0.217 e. The Morgan fingerprint density at radius 1 is 0.722 bits per heavy atom. The summed E-state index contributed by atoms with van der Waals surface area (Å²) in [6.07, 6.45) is 2.08. The molecule has 3 nitrogen and oxygen atoms in total. The number of pyridine rings is 2. The van der Waals surface area contributed by atoms with Crippen LogP contribution in [0.25, 0.3) is 33.5 Å². The van der Waals surface area contributed by atoms with Gasteiger partial charge in [-0.3, -0.25) is 9.78 Å². The molecule has 0 bridgehead atoms. The average Bonchev–Trinajstić information content (AvgIpc) is 2.95. The third kappa shape index (κ3) is 4.51. The first-order valence-corrected chi connectivity index (χ1v) is 10.5. The Morgan fingerprint density at radius 3 is 2.19 bits per heavy atom. The van der Waals surface area contributed by atoms with Crippen molar-refractivity contribution in [3.05, 3.63) is 132 Å². The molecule has 0 aliphatic heterocycles. The number of nitrogens with zero attached hydrogens (tertiary/aromatic N) is 2. The maximum atomic E-state index is 15.3. The largest absolute Gasteiger partial charge is 0.287 e. The summed E-state index contributed by atoms with van der Waals surface area (Å²) in [7, 11) is 0. The van der Waals surface area contributed by atoms with Crippen molar-refractivity contribution in [1.29, 1.82) is 0 Å². The highest BCUT2D eigenvalue weighted by Gasteiger charge is 2.23. The van der Waals surface area contributed by atoms with Gasteiger partial charge in [-0.2, -0.15) is 0 Å². The van der Waals surface area contributed by atoms with Crippen LogP contribution in [0, 0.1) is 23.3 Å². The van der Waals surface area contributed by atoms with Gasteiger partial charge in [0.1, 0.15) is 23.1 Å². The van der Waals surface area contributed by atoms with Gasteiger partial charge in [-0.1, -0.05) is 36.3 Å². The first-order valence-electron chi connectivity index (χ1n) is 13.0. The highest BCUT2D eigenvalue weighted by molar-refractivity contribution is 6.08. The summed E-state index contributed by atoms with van der Waals surface area (Å²) in [5.74, 6) is -6.05. The van der Waals surface area contributed by atoms with Crippen molar-refractivity contribution >= 4 is 5.78 Å². The summed E-state index contributed by atoms with van der Waals surface area (Å²) < 4.78 is 98.4. The fraction of sp³-hybridized carbons (Fsp3) is 0. The Bertz CT molecular complexity index is 1840. The number of ketones is 1. The van der Waals surface area contributed by atoms with Gasteiger partial charge in [0.05, 0.1) is 24.3 Å². The van der Waals surface area contributed by atoms with E-state index in [-0.39, 0.29) is 22.3 Å². The van der Waals surface area contributed by atoms with E-state index in [1.54, 1.807) is 18.2 Å². The predicted octanol–water partition coefficient (Wildman–Crippen LogP) is 7.27. The standard InChI is InChI=1S/C29H16F4N2O/c30-21-13-26(33)28(35-16-21)29(36)23-14-22(24(31)15-25(23)32)19-10-18(17-6-2-1-3-7-17)11-20(12-19)27-8-4-5-9-34-27/h1-16H/i1D,2D,3D,6D,7D. The molecule has 0 radical (unpaired) electrons. The summed E-state index contributed by atoms with van der Waals surface area (Å²) >= 11 is 0. The van der Waals surface area contributed by atoms with E-state index in [0.29, 0.717) is 29.6 Å². The van der Waals surface area contributed by atoms with E-state index in [2.05, 4.69) is 9.97 Å². The molecule has 0 aliphatic rings. The highest BCUT2D eigenvalue weighted by Crippen LogP contribution is 2.34. The van der Waals surface area contributed by atoms with Crippen LogP contribution in [0.1, 0.15) is 22.9 Å². The SMILES string of the molecule is [2H]c1c([2H])c([2H])c(-c2cc(-c3ccccn3)cc(-c3cc(C(=O)c4ncc(F)cc4F)c(F)cc3F)c2)c([2H])c1[2H]. The number of carbonyl (C=O) groups is 1. The molecule has 5 aromatic rings. The third-order valence-corrected chi connectivity index (χ3v) is 5.32. The molecule has 2 aromatic heterocycles. The number of carbonyl (C=O) groups excluding carboxylic acids is 1.